The molecule has 0 unspecified atom stereocenters. The standard InChI is InChI=1S/3C12F4N4.Ho.9H2O/c3*13-9-7(5(1-17)2-18)10(14)12(16)8(11(9)15)6(3-19)4-20;;;;;;;;;;/h;;;;9*1H2/p+6. The third-order valence-electron chi connectivity index (χ3n) is 6.63. The van der Waals surface area contributed by atoms with E-state index in [1.165, 1.54) is 0 Å². The molecule has 0 aliphatic carbocycles. The van der Waals surface area contributed by atoms with Gasteiger partial charge in [-0.05, 0) is 0 Å². The average Bonchev–Trinajstić information content (AvgIpc) is 3.25. The maximum atomic E-state index is 13.6. The Hall–Kier alpha value is -9.18. The van der Waals surface area contributed by atoms with Crippen LogP contribution in [0.5, 0.6) is 0 Å². The topological polar surface area (TPSA) is 578 Å². The molecule has 3 rings (SSSR count). The normalized spacial score (nSPS) is 7.54. The molecule has 0 aromatic heterocycles. The number of hydrogen-bond donors (Lipinski definition) is 0. The summed E-state index contributed by atoms with van der Waals surface area (Å²) in [6.45, 7) is 0. The molecular weight excluding hydrogens is 1140 g/mol. The molecular formula is C36H24F12HoN12O9+6. The summed E-state index contributed by atoms with van der Waals surface area (Å²) in [6.07, 6.45) is 0. The van der Waals surface area contributed by atoms with E-state index in [-0.39, 0.29) is 87.0 Å². The Morgan fingerprint density at radius 2 is 0.257 bits per heavy atom. The maximum Gasteiger partial charge on any atom is 0.171 e. The molecule has 0 heterocycles. The van der Waals surface area contributed by atoms with Crippen LogP contribution in [0.25, 0.3) is 33.4 Å². The Morgan fingerprint density at radius 1 is 0.200 bits per heavy atom. The fourth-order valence-electron chi connectivity index (χ4n) is 4.03. The zero-order valence-electron chi connectivity index (χ0n) is 33.2. The molecule has 0 spiro atoms. The number of hydrogen-bond acceptors (Lipinski definition) is 12. The summed E-state index contributed by atoms with van der Waals surface area (Å²) in [4.78, 5) is 0. The number of rotatable bonds is 0. The summed E-state index contributed by atoms with van der Waals surface area (Å²) >= 11 is 0. The van der Waals surface area contributed by atoms with Crippen LogP contribution in [0, 0.1) is 244 Å². The van der Waals surface area contributed by atoms with Crippen LogP contribution in [-0.2, 0) is 32.9 Å². The molecule has 0 bridgehead atoms. The Bertz CT molecular complexity index is 2650. The van der Waals surface area contributed by atoms with Gasteiger partial charge in [-0.25, -0.2) is 52.7 Å². The van der Waals surface area contributed by atoms with Gasteiger partial charge in [-0.1, -0.05) is 0 Å². The van der Waals surface area contributed by atoms with Crippen LogP contribution in [0.3, 0.4) is 0 Å². The predicted molar refractivity (Wildman–Crippen MR) is 204 cm³/mol. The number of nitriles is 12. The van der Waals surface area contributed by atoms with Crippen molar-refractivity contribution in [1.29, 1.82) is 63.1 Å². The molecule has 371 valence electrons. The second-order valence-electron chi connectivity index (χ2n) is 9.61. The molecule has 0 aliphatic rings. The number of nitrogens with zero attached hydrogens (tertiary/aromatic N) is 12. The van der Waals surface area contributed by atoms with Crippen molar-refractivity contribution in [2.45, 2.75) is 0 Å². The minimum Gasteiger partial charge on any atom is -0.457 e. The molecule has 21 nitrogen and oxygen atoms in total. The minimum absolute atomic E-state index is 0. The molecule has 0 saturated carbocycles. The van der Waals surface area contributed by atoms with E-state index in [2.05, 4.69) is 0 Å². The summed E-state index contributed by atoms with van der Waals surface area (Å²) in [5, 5.41) is 92.9. The van der Waals surface area contributed by atoms with Gasteiger partial charge in [0.15, 0.2) is 69.8 Å². The molecule has 0 fully saturated rings. The van der Waals surface area contributed by atoms with E-state index in [0.29, 0.717) is 0 Å². The van der Waals surface area contributed by atoms with Crippen molar-refractivity contribution in [1.82, 2.24) is 0 Å². The van der Waals surface area contributed by atoms with Crippen molar-refractivity contribution in [3.63, 3.8) is 0 Å². The fourth-order valence-corrected chi connectivity index (χ4v) is 4.03. The molecule has 0 amide bonds. The third kappa shape index (κ3) is 16.0. The van der Waals surface area contributed by atoms with Gasteiger partial charge < -0.3 is 49.3 Å². The van der Waals surface area contributed by atoms with E-state index in [1.54, 1.807) is 0 Å². The quantitative estimate of drug-likeness (QED) is 0.0879. The van der Waals surface area contributed by atoms with E-state index in [4.69, 9.17) is 63.1 Å². The summed E-state index contributed by atoms with van der Waals surface area (Å²) < 4.78 is 163. The molecule has 1 radical (unpaired) electrons. The van der Waals surface area contributed by atoms with Gasteiger partial charge in [-0.3, -0.25) is 0 Å². The van der Waals surface area contributed by atoms with Crippen molar-refractivity contribution < 1.29 is 140 Å². The zero-order valence-corrected chi connectivity index (χ0v) is 35.1. The van der Waals surface area contributed by atoms with Crippen LogP contribution in [-0.4, -0.2) is 16.4 Å². The van der Waals surface area contributed by atoms with E-state index >= 15 is 0 Å². The predicted octanol–water partition coefficient (Wildman–Crippen LogP) is -6.09. The van der Waals surface area contributed by atoms with Crippen LogP contribution in [0.15, 0.2) is 0 Å². The second-order valence-corrected chi connectivity index (χ2v) is 9.61. The van der Waals surface area contributed by atoms with Crippen molar-refractivity contribution in [3.05, 3.63) is 101 Å². The van der Waals surface area contributed by atoms with Crippen LogP contribution >= 0.6 is 0 Å². The summed E-state index contributed by atoms with van der Waals surface area (Å²) in [5.74, 6) is -24.3. The van der Waals surface area contributed by atoms with Gasteiger partial charge in [0.2, 0.25) is 0 Å². The molecule has 0 aliphatic heterocycles. The Labute approximate surface area is 408 Å². The first-order chi connectivity index (χ1) is 28.3. The van der Waals surface area contributed by atoms with Crippen molar-refractivity contribution >= 4 is 33.4 Å². The van der Waals surface area contributed by atoms with Crippen LogP contribution in [0.2, 0.25) is 0 Å². The summed E-state index contributed by atoms with van der Waals surface area (Å²) in [5.41, 5.74) is -7.08. The van der Waals surface area contributed by atoms with E-state index < -0.39 is 135 Å². The van der Waals surface area contributed by atoms with Gasteiger partial charge >= 0.3 is 0 Å². The Morgan fingerprint density at radius 3 is 0.300 bits per heavy atom. The SMILES string of the molecule is N#CC(C#N)=c1c(F)c(F)c(=C(C#N)C#N)c(F)c1F.N#CC(C#N)=c1c(F)c(F)c(=C(C#N)C#N)c(F)c1F.N#CC(C#N)=c1c(F)c(F)c(=C(C#N)C#N)c(F)c1F.O.O.O.[Ho].[OH3+].[OH3+].[OH3+].[OH3+].[OH3+].[OH3+]. The Kier molecular flexibility index (Phi) is 44.5. The first-order valence-electron chi connectivity index (χ1n) is 14.0. The summed E-state index contributed by atoms with van der Waals surface area (Å²) in [6, 6.07) is 13.0. The molecule has 0 saturated heterocycles. The maximum absolute atomic E-state index is 13.6. The van der Waals surface area contributed by atoms with E-state index in [9.17, 15) is 52.7 Å². The molecule has 3 aromatic carbocycles. The van der Waals surface area contributed by atoms with Gasteiger partial charge in [-0.15, -0.1) is 0 Å². The van der Waals surface area contributed by atoms with Gasteiger partial charge in [0.25, 0.3) is 0 Å². The molecule has 34 heteroatoms. The first-order valence-corrected chi connectivity index (χ1v) is 14.0. The first kappa shape index (κ1) is 84.3. The van der Waals surface area contributed by atoms with E-state index in [0.717, 1.165) is 72.8 Å². The smallest absolute Gasteiger partial charge is 0.171 e. The summed E-state index contributed by atoms with van der Waals surface area (Å²) in [7, 11) is 0. The molecule has 24 N–H and O–H groups in total. The fraction of sp³-hybridized carbons (Fsp3) is 0. The van der Waals surface area contributed by atoms with Gasteiger partial charge in [0.05, 0.1) is 31.3 Å². The average molecular weight is 1160 g/mol. The second kappa shape index (κ2) is 37.0. The zero-order chi connectivity index (χ0) is 46.3. The largest absolute Gasteiger partial charge is 0.457 e. The van der Waals surface area contributed by atoms with Gasteiger partial charge in [0, 0.05) is 37.7 Å². The number of benzene rings is 3. The molecule has 3 aromatic rings. The van der Waals surface area contributed by atoms with Crippen molar-refractivity contribution in [3.8, 4) is 72.8 Å². The van der Waals surface area contributed by atoms with E-state index in [1.807, 2.05) is 0 Å². The van der Waals surface area contributed by atoms with Crippen molar-refractivity contribution in [2.75, 3.05) is 0 Å². The minimum atomic E-state index is -2.03. The van der Waals surface area contributed by atoms with Gasteiger partial charge in [-0.2, -0.15) is 63.1 Å². The van der Waals surface area contributed by atoms with Crippen molar-refractivity contribution in [2.24, 2.45) is 0 Å². The van der Waals surface area contributed by atoms with Gasteiger partial charge in [0.1, 0.15) is 106 Å². The molecule has 0 atom stereocenters. The van der Waals surface area contributed by atoms with Crippen LogP contribution in [0.4, 0.5) is 52.7 Å². The third-order valence-corrected chi connectivity index (χ3v) is 6.63. The van der Waals surface area contributed by atoms with Crippen LogP contribution < -0.4 is 31.3 Å². The Balaban J connectivity index is -0.0000000900. The van der Waals surface area contributed by atoms with Crippen LogP contribution in [0.1, 0.15) is 0 Å². The number of halogens is 12. The monoisotopic (exact) mass is 1160 g/mol. The molecule has 70 heavy (non-hydrogen) atoms.